The van der Waals surface area contributed by atoms with Crippen LogP contribution in [0.1, 0.15) is 19.4 Å². The van der Waals surface area contributed by atoms with Crippen LogP contribution in [0.25, 0.3) is 0 Å². The van der Waals surface area contributed by atoms with Crippen molar-refractivity contribution in [1.82, 2.24) is 0 Å². The molecule has 0 heterocycles. The molecule has 0 aromatic heterocycles. The molecule has 4 heteroatoms. The highest BCUT2D eigenvalue weighted by Crippen LogP contribution is 2.08. The number of carbonyl (C=O) groups is 1. The number of hydrogen-bond donors (Lipinski definition) is 0. The van der Waals surface area contributed by atoms with Crippen LogP contribution in [0, 0.1) is 0 Å². The van der Waals surface area contributed by atoms with Gasteiger partial charge in [0.05, 0.1) is 0 Å². The van der Waals surface area contributed by atoms with Crippen molar-refractivity contribution in [3.05, 3.63) is 48.0 Å². The van der Waals surface area contributed by atoms with E-state index in [0.717, 1.165) is 5.56 Å². The quantitative estimate of drug-likeness (QED) is 0.323. The third kappa shape index (κ3) is 5.61. The van der Waals surface area contributed by atoms with Gasteiger partial charge in [-0.05, 0) is 19.4 Å². The molecule has 1 atom stereocenters. The van der Waals surface area contributed by atoms with Gasteiger partial charge < -0.3 is 4.74 Å². The Bertz CT molecular complexity index is 373. The smallest absolute Gasteiger partial charge is 0.349 e. The zero-order valence-corrected chi connectivity index (χ0v) is 10.7. The van der Waals surface area contributed by atoms with E-state index in [4.69, 9.17) is 9.62 Å². The second kappa shape index (κ2) is 8.44. The van der Waals surface area contributed by atoms with Crippen molar-refractivity contribution in [3.63, 3.8) is 0 Å². The van der Waals surface area contributed by atoms with Gasteiger partial charge in [0.1, 0.15) is 0 Å². The first-order valence-corrected chi connectivity index (χ1v) is 5.91. The van der Waals surface area contributed by atoms with Crippen molar-refractivity contribution < 1.29 is 19.3 Å². The highest BCUT2D eigenvalue weighted by molar-refractivity contribution is 5.81. The molecule has 0 amide bonds. The topological polar surface area (TPSA) is 44.8 Å². The third-order valence-corrected chi connectivity index (χ3v) is 2.14. The predicted octanol–water partition coefficient (Wildman–Crippen LogP) is 2.64. The molecule has 1 aromatic rings. The van der Waals surface area contributed by atoms with Crippen LogP contribution in [-0.4, -0.2) is 18.9 Å². The molecule has 1 rings (SSSR count). The summed E-state index contributed by atoms with van der Waals surface area (Å²) >= 11 is 0. The molecule has 18 heavy (non-hydrogen) atoms. The number of ether oxygens (including phenoxy) is 1. The fourth-order valence-electron chi connectivity index (χ4n) is 1.38. The lowest BCUT2D eigenvalue weighted by atomic mass is 10.1. The SMILES string of the molecule is C/C=C/C(=O)OOC(Cc1ccccc1)OCC. The van der Waals surface area contributed by atoms with Gasteiger partial charge >= 0.3 is 5.97 Å². The number of allylic oxidation sites excluding steroid dienone is 1. The molecule has 4 nitrogen and oxygen atoms in total. The first kappa shape index (κ1) is 14.4. The second-order valence-electron chi connectivity index (χ2n) is 3.57. The first-order valence-electron chi connectivity index (χ1n) is 5.91. The minimum atomic E-state index is -0.591. The van der Waals surface area contributed by atoms with Crippen LogP contribution in [0.15, 0.2) is 42.5 Å². The van der Waals surface area contributed by atoms with Gasteiger partial charge in [0.25, 0.3) is 0 Å². The van der Waals surface area contributed by atoms with E-state index in [-0.39, 0.29) is 0 Å². The molecule has 0 spiro atoms. The molecule has 0 aliphatic rings. The molecule has 1 unspecified atom stereocenters. The van der Waals surface area contributed by atoms with Crippen molar-refractivity contribution in [3.8, 4) is 0 Å². The predicted molar refractivity (Wildman–Crippen MR) is 67.6 cm³/mol. The Labute approximate surface area is 107 Å². The van der Waals surface area contributed by atoms with Gasteiger partial charge in [-0.15, -0.1) is 0 Å². The molecule has 1 aromatic carbocycles. The van der Waals surface area contributed by atoms with Crippen LogP contribution in [0.5, 0.6) is 0 Å². The van der Waals surface area contributed by atoms with E-state index in [1.807, 2.05) is 37.3 Å². The minimum absolute atomic E-state index is 0.485. The fraction of sp³-hybridized carbons (Fsp3) is 0.357. The van der Waals surface area contributed by atoms with Crippen LogP contribution in [-0.2, 0) is 25.7 Å². The summed E-state index contributed by atoms with van der Waals surface area (Å²) in [5.41, 5.74) is 1.05. The molecule has 0 aliphatic heterocycles. The van der Waals surface area contributed by atoms with Crippen LogP contribution >= 0.6 is 0 Å². The van der Waals surface area contributed by atoms with Gasteiger partial charge in [0.2, 0.25) is 6.29 Å². The lowest BCUT2D eigenvalue weighted by molar-refractivity contribution is -0.348. The molecule has 0 aliphatic carbocycles. The van der Waals surface area contributed by atoms with E-state index in [2.05, 4.69) is 4.89 Å². The van der Waals surface area contributed by atoms with Gasteiger partial charge in [0, 0.05) is 19.1 Å². The monoisotopic (exact) mass is 250 g/mol. The van der Waals surface area contributed by atoms with Gasteiger partial charge in [-0.25, -0.2) is 4.79 Å². The number of carbonyl (C=O) groups excluding carboxylic acids is 1. The summed E-state index contributed by atoms with van der Waals surface area (Å²) in [4.78, 5) is 20.7. The summed E-state index contributed by atoms with van der Waals surface area (Å²) in [6.45, 7) is 4.07. The van der Waals surface area contributed by atoms with Crippen LogP contribution < -0.4 is 0 Å². The molecule has 0 bridgehead atoms. The van der Waals surface area contributed by atoms with Crippen molar-refractivity contribution in [1.29, 1.82) is 0 Å². The van der Waals surface area contributed by atoms with Crippen molar-refractivity contribution in [2.75, 3.05) is 6.61 Å². The minimum Gasteiger partial charge on any atom is -0.349 e. The van der Waals surface area contributed by atoms with Crippen molar-refractivity contribution in [2.45, 2.75) is 26.6 Å². The highest BCUT2D eigenvalue weighted by atomic mass is 17.2. The standard InChI is InChI=1S/C14H18O4/c1-3-8-13(15)17-18-14(16-4-2)11-12-9-6-5-7-10-12/h3,5-10,14H,4,11H2,1-2H3/b8-3+. The largest absolute Gasteiger partial charge is 0.365 e. The zero-order chi connectivity index (χ0) is 13.2. The van der Waals surface area contributed by atoms with E-state index in [0.29, 0.717) is 13.0 Å². The third-order valence-electron chi connectivity index (χ3n) is 2.14. The van der Waals surface area contributed by atoms with Crippen LogP contribution in [0.3, 0.4) is 0 Å². The Balaban J connectivity index is 2.47. The van der Waals surface area contributed by atoms with E-state index < -0.39 is 12.3 Å². The lowest BCUT2D eigenvalue weighted by Crippen LogP contribution is -2.22. The Morgan fingerprint density at radius 1 is 1.33 bits per heavy atom. The molecule has 0 N–H and O–H groups in total. The zero-order valence-electron chi connectivity index (χ0n) is 10.7. The summed E-state index contributed by atoms with van der Waals surface area (Å²) in [6, 6.07) is 9.73. The molecule has 98 valence electrons. The Kier molecular flexibility index (Phi) is 6.76. The fourth-order valence-corrected chi connectivity index (χ4v) is 1.38. The van der Waals surface area contributed by atoms with Gasteiger partial charge in [0.15, 0.2) is 0 Å². The maximum absolute atomic E-state index is 11.1. The molecule has 0 fully saturated rings. The molecular formula is C14H18O4. The van der Waals surface area contributed by atoms with Gasteiger partial charge in [-0.2, -0.15) is 4.89 Å². The average Bonchev–Trinajstić information content (AvgIpc) is 2.38. The summed E-state index contributed by atoms with van der Waals surface area (Å²) in [7, 11) is 0. The molecule has 0 saturated heterocycles. The highest BCUT2D eigenvalue weighted by Gasteiger charge is 2.13. The van der Waals surface area contributed by atoms with E-state index in [1.54, 1.807) is 13.0 Å². The Morgan fingerprint density at radius 2 is 2.06 bits per heavy atom. The van der Waals surface area contributed by atoms with Crippen molar-refractivity contribution >= 4 is 5.97 Å². The average molecular weight is 250 g/mol. The second-order valence-corrected chi connectivity index (χ2v) is 3.57. The normalized spacial score (nSPS) is 12.6. The maximum atomic E-state index is 11.1. The summed E-state index contributed by atoms with van der Waals surface area (Å²) in [5, 5.41) is 0. The number of hydrogen-bond acceptors (Lipinski definition) is 4. The summed E-state index contributed by atoms with van der Waals surface area (Å²) in [6.07, 6.45) is 2.80. The number of benzene rings is 1. The van der Waals surface area contributed by atoms with E-state index >= 15 is 0 Å². The van der Waals surface area contributed by atoms with E-state index in [9.17, 15) is 4.79 Å². The van der Waals surface area contributed by atoms with Gasteiger partial charge in [-0.3, -0.25) is 4.89 Å². The van der Waals surface area contributed by atoms with Crippen LogP contribution in [0.4, 0.5) is 0 Å². The molecule has 0 radical (unpaired) electrons. The van der Waals surface area contributed by atoms with Crippen LogP contribution in [0.2, 0.25) is 0 Å². The first-order chi connectivity index (χ1) is 8.76. The lowest BCUT2D eigenvalue weighted by Gasteiger charge is -2.15. The number of rotatable bonds is 7. The Morgan fingerprint density at radius 3 is 2.67 bits per heavy atom. The van der Waals surface area contributed by atoms with Gasteiger partial charge in [-0.1, -0.05) is 36.4 Å². The molecular weight excluding hydrogens is 232 g/mol. The summed E-state index contributed by atoms with van der Waals surface area (Å²) in [5.74, 6) is -0.546. The maximum Gasteiger partial charge on any atom is 0.365 e. The van der Waals surface area contributed by atoms with Crippen molar-refractivity contribution in [2.24, 2.45) is 0 Å². The van der Waals surface area contributed by atoms with E-state index in [1.165, 1.54) is 6.08 Å². The molecule has 0 saturated carbocycles. The Hall–Kier alpha value is -1.65. The summed E-state index contributed by atoms with van der Waals surface area (Å²) < 4.78 is 5.35.